The molecule has 2 heterocycles. The van der Waals surface area contributed by atoms with Crippen LogP contribution in [0, 0.1) is 0 Å². The number of benzene rings is 1. The van der Waals surface area contributed by atoms with Gasteiger partial charge in [0.15, 0.2) is 0 Å². The largest absolute Gasteiger partial charge is 0.374 e. The lowest BCUT2D eigenvalue weighted by atomic mass is 10.1. The van der Waals surface area contributed by atoms with Crippen LogP contribution >= 0.6 is 0 Å². The predicted molar refractivity (Wildman–Crippen MR) is 76.1 cm³/mol. The molecule has 2 unspecified atom stereocenters. The third-order valence-corrected chi connectivity index (χ3v) is 3.94. The molecule has 0 spiro atoms. The van der Waals surface area contributed by atoms with Crippen LogP contribution in [-0.2, 0) is 9.53 Å². The normalized spacial score (nSPS) is 28.1. The molecule has 1 aromatic carbocycles. The second kappa shape index (κ2) is 5.91. The summed E-state index contributed by atoms with van der Waals surface area (Å²) < 4.78 is 5.78. The minimum atomic E-state index is -0.0282. The maximum Gasteiger partial charge on any atom is 0.238 e. The Morgan fingerprint density at radius 2 is 2.15 bits per heavy atom. The van der Waals surface area contributed by atoms with E-state index in [1.807, 2.05) is 23.1 Å². The van der Waals surface area contributed by atoms with Crippen molar-refractivity contribution in [3.05, 3.63) is 35.9 Å². The number of nitrogens with zero attached hydrogens (tertiary/aromatic N) is 2. The zero-order valence-corrected chi connectivity index (χ0v) is 11.8. The number of hydrogen-bond donors (Lipinski definition) is 1. The van der Waals surface area contributed by atoms with Gasteiger partial charge in [0.1, 0.15) is 6.17 Å². The molecule has 20 heavy (non-hydrogen) atoms. The number of carbonyl (C=O) groups is 1. The predicted octanol–water partition coefficient (Wildman–Crippen LogP) is 0.448. The van der Waals surface area contributed by atoms with E-state index in [-0.39, 0.29) is 18.2 Å². The molecule has 0 aromatic heterocycles. The SMILES string of the molecule is CN1CCOC(CN2C(=O)CNC2c2ccccc2)C1. The van der Waals surface area contributed by atoms with Gasteiger partial charge in [-0.3, -0.25) is 10.1 Å². The summed E-state index contributed by atoms with van der Waals surface area (Å²) in [6, 6.07) is 10.1. The van der Waals surface area contributed by atoms with Crippen molar-refractivity contribution in [3.8, 4) is 0 Å². The van der Waals surface area contributed by atoms with Gasteiger partial charge in [-0.2, -0.15) is 0 Å². The van der Waals surface area contributed by atoms with Crippen LogP contribution in [0.2, 0.25) is 0 Å². The Bertz CT molecular complexity index is 465. The van der Waals surface area contributed by atoms with E-state index in [1.54, 1.807) is 0 Å². The van der Waals surface area contributed by atoms with Crippen LogP contribution in [0.15, 0.2) is 30.3 Å². The summed E-state index contributed by atoms with van der Waals surface area (Å²) in [7, 11) is 2.09. The standard InChI is InChI=1S/C15H21N3O2/c1-17-7-8-20-13(10-17)11-18-14(19)9-16-15(18)12-5-3-2-4-6-12/h2-6,13,15-16H,7-11H2,1H3. The maximum absolute atomic E-state index is 12.1. The lowest BCUT2D eigenvalue weighted by molar-refractivity contribution is -0.131. The van der Waals surface area contributed by atoms with Crippen LogP contribution in [0.1, 0.15) is 11.7 Å². The Morgan fingerprint density at radius 3 is 2.90 bits per heavy atom. The van der Waals surface area contributed by atoms with Crippen molar-refractivity contribution in [2.24, 2.45) is 0 Å². The van der Waals surface area contributed by atoms with Gasteiger partial charge in [0.2, 0.25) is 5.91 Å². The fourth-order valence-corrected chi connectivity index (χ4v) is 2.88. The van der Waals surface area contributed by atoms with Gasteiger partial charge in [-0.05, 0) is 12.6 Å². The van der Waals surface area contributed by atoms with Gasteiger partial charge in [-0.15, -0.1) is 0 Å². The number of likely N-dealkylation sites (N-methyl/N-ethyl adjacent to an activating group) is 1. The van der Waals surface area contributed by atoms with Crippen molar-refractivity contribution in [3.63, 3.8) is 0 Å². The van der Waals surface area contributed by atoms with E-state index in [4.69, 9.17) is 4.74 Å². The van der Waals surface area contributed by atoms with Crippen LogP contribution in [0.5, 0.6) is 0 Å². The summed E-state index contributed by atoms with van der Waals surface area (Å²) in [6.07, 6.45) is 0.0725. The third kappa shape index (κ3) is 2.85. The Balaban J connectivity index is 1.71. The van der Waals surface area contributed by atoms with E-state index in [9.17, 15) is 4.79 Å². The molecule has 0 bridgehead atoms. The van der Waals surface area contributed by atoms with E-state index in [0.29, 0.717) is 13.1 Å². The fraction of sp³-hybridized carbons (Fsp3) is 0.533. The van der Waals surface area contributed by atoms with Crippen molar-refractivity contribution in [1.29, 1.82) is 0 Å². The molecule has 3 rings (SSSR count). The lowest BCUT2D eigenvalue weighted by Gasteiger charge is -2.34. The molecule has 2 aliphatic rings. The van der Waals surface area contributed by atoms with E-state index in [2.05, 4.69) is 29.4 Å². The molecule has 1 amide bonds. The first-order chi connectivity index (χ1) is 9.74. The maximum atomic E-state index is 12.1. The Morgan fingerprint density at radius 1 is 1.35 bits per heavy atom. The van der Waals surface area contributed by atoms with Gasteiger partial charge in [-0.1, -0.05) is 30.3 Å². The van der Waals surface area contributed by atoms with Gasteiger partial charge < -0.3 is 14.5 Å². The molecule has 2 saturated heterocycles. The molecule has 1 N–H and O–H groups in total. The second-order valence-electron chi connectivity index (χ2n) is 5.50. The summed E-state index contributed by atoms with van der Waals surface area (Å²) >= 11 is 0. The van der Waals surface area contributed by atoms with Gasteiger partial charge >= 0.3 is 0 Å². The Hall–Kier alpha value is -1.43. The Labute approximate surface area is 119 Å². The first-order valence-electron chi connectivity index (χ1n) is 7.12. The highest BCUT2D eigenvalue weighted by atomic mass is 16.5. The van der Waals surface area contributed by atoms with Crippen LogP contribution in [0.25, 0.3) is 0 Å². The number of ether oxygens (including phenoxy) is 1. The smallest absolute Gasteiger partial charge is 0.238 e. The van der Waals surface area contributed by atoms with E-state index < -0.39 is 0 Å². The molecular weight excluding hydrogens is 254 g/mol. The molecule has 0 radical (unpaired) electrons. The van der Waals surface area contributed by atoms with Crippen molar-refractivity contribution in [1.82, 2.24) is 15.1 Å². The molecule has 0 saturated carbocycles. The number of morpholine rings is 1. The highest BCUT2D eigenvalue weighted by Crippen LogP contribution is 2.23. The van der Waals surface area contributed by atoms with Crippen molar-refractivity contribution < 1.29 is 9.53 Å². The molecule has 2 fully saturated rings. The van der Waals surface area contributed by atoms with Gasteiger partial charge in [-0.25, -0.2) is 0 Å². The number of amides is 1. The third-order valence-electron chi connectivity index (χ3n) is 3.94. The summed E-state index contributed by atoms with van der Waals surface area (Å²) in [5.74, 6) is 0.149. The second-order valence-corrected chi connectivity index (χ2v) is 5.50. The summed E-state index contributed by atoms with van der Waals surface area (Å²) in [5, 5.41) is 3.28. The molecular formula is C15H21N3O2. The highest BCUT2D eigenvalue weighted by Gasteiger charge is 2.34. The highest BCUT2D eigenvalue weighted by molar-refractivity contribution is 5.81. The zero-order chi connectivity index (χ0) is 13.9. The average Bonchev–Trinajstić information content (AvgIpc) is 2.81. The minimum Gasteiger partial charge on any atom is -0.374 e. The first kappa shape index (κ1) is 13.5. The quantitative estimate of drug-likeness (QED) is 0.870. The topological polar surface area (TPSA) is 44.8 Å². The molecule has 5 nitrogen and oxygen atoms in total. The molecule has 108 valence electrons. The van der Waals surface area contributed by atoms with Crippen molar-refractivity contribution in [2.75, 3.05) is 39.8 Å². The summed E-state index contributed by atoms with van der Waals surface area (Å²) in [6.45, 7) is 3.64. The van der Waals surface area contributed by atoms with Gasteiger partial charge in [0.05, 0.1) is 25.8 Å². The first-order valence-corrected chi connectivity index (χ1v) is 7.12. The van der Waals surface area contributed by atoms with Crippen molar-refractivity contribution >= 4 is 5.91 Å². The Kier molecular flexibility index (Phi) is 4.00. The molecule has 1 aromatic rings. The van der Waals surface area contributed by atoms with Crippen LogP contribution in [-0.4, -0.2) is 61.6 Å². The average molecular weight is 275 g/mol. The number of hydrogen-bond acceptors (Lipinski definition) is 4. The van der Waals surface area contributed by atoms with Gasteiger partial charge in [0, 0.05) is 13.1 Å². The minimum absolute atomic E-state index is 0.0282. The fourth-order valence-electron chi connectivity index (χ4n) is 2.88. The lowest BCUT2D eigenvalue weighted by Crippen LogP contribution is -2.47. The summed E-state index contributed by atoms with van der Waals surface area (Å²) in [4.78, 5) is 16.3. The molecule has 2 atom stereocenters. The number of rotatable bonds is 3. The van der Waals surface area contributed by atoms with E-state index in [0.717, 1.165) is 25.3 Å². The van der Waals surface area contributed by atoms with E-state index in [1.165, 1.54) is 0 Å². The van der Waals surface area contributed by atoms with E-state index >= 15 is 0 Å². The van der Waals surface area contributed by atoms with Crippen molar-refractivity contribution in [2.45, 2.75) is 12.3 Å². The zero-order valence-electron chi connectivity index (χ0n) is 11.8. The van der Waals surface area contributed by atoms with Crippen LogP contribution in [0.4, 0.5) is 0 Å². The van der Waals surface area contributed by atoms with Crippen LogP contribution < -0.4 is 5.32 Å². The summed E-state index contributed by atoms with van der Waals surface area (Å²) in [5.41, 5.74) is 1.13. The number of carbonyl (C=O) groups excluding carboxylic acids is 1. The molecule has 5 heteroatoms. The molecule has 0 aliphatic carbocycles. The monoisotopic (exact) mass is 275 g/mol. The molecule has 2 aliphatic heterocycles. The van der Waals surface area contributed by atoms with Crippen LogP contribution in [0.3, 0.4) is 0 Å². The number of nitrogens with one attached hydrogen (secondary N) is 1. The van der Waals surface area contributed by atoms with Gasteiger partial charge in [0.25, 0.3) is 0 Å².